The molecule has 0 unspecified atom stereocenters. The molecule has 1 saturated carbocycles. The van der Waals surface area contributed by atoms with Crippen molar-refractivity contribution >= 4 is 12.1 Å². The third kappa shape index (κ3) is 5.23. The Labute approximate surface area is 132 Å². The maximum atomic E-state index is 12.0. The first-order valence-electron chi connectivity index (χ1n) is 7.50. The maximum absolute atomic E-state index is 12.0. The topological polar surface area (TPSA) is 90.6 Å². The number of nitrogens with two attached hydrogens (primary N) is 1. The summed E-state index contributed by atoms with van der Waals surface area (Å²) in [5, 5.41) is 2.65. The minimum atomic E-state index is -1.02. The molecule has 0 bridgehead atoms. The summed E-state index contributed by atoms with van der Waals surface area (Å²) in [6.07, 6.45) is 1.87. The minimum Gasteiger partial charge on any atom is -0.467 e. The predicted molar refractivity (Wildman–Crippen MR) is 82.9 cm³/mol. The normalized spacial score (nSPS) is 23.6. The van der Waals surface area contributed by atoms with E-state index in [0.717, 1.165) is 12.8 Å². The van der Waals surface area contributed by atoms with Crippen LogP contribution in [0, 0.1) is 17.8 Å². The van der Waals surface area contributed by atoms with Crippen LogP contribution in [0.2, 0.25) is 0 Å². The Balaban J connectivity index is 2.62. The molecule has 1 rings (SSSR count). The first-order chi connectivity index (χ1) is 10.2. The molecule has 0 spiro atoms. The summed E-state index contributed by atoms with van der Waals surface area (Å²) in [4.78, 5) is 23.9. The van der Waals surface area contributed by atoms with E-state index < -0.39 is 23.2 Å². The van der Waals surface area contributed by atoms with E-state index >= 15 is 0 Å². The van der Waals surface area contributed by atoms with Gasteiger partial charge in [0.05, 0.1) is 7.11 Å². The van der Waals surface area contributed by atoms with Gasteiger partial charge in [-0.3, -0.25) is 0 Å². The second-order valence-corrected chi connectivity index (χ2v) is 6.52. The lowest BCUT2D eigenvalue weighted by Gasteiger charge is -2.43. The zero-order valence-electron chi connectivity index (χ0n) is 13.8. The molecule has 22 heavy (non-hydrogen) atoms. The van der Waals surface area contributed by atoms with E-state index in [1.165, 1.54) is 7.11 Å². The van der Waals surface area contributed by atoms with Gasteiger partial charge in [0.1, 0.15) is 11.1 Å². The van der Waals surface area contributed by atoms with Crippen molar-refractivity contribution in [3.05, 3.63) is 0 Å². The molecule has 1 fully saturated rings. The molecule has 0 radical (unpaired) electrons. The third-order valence-electron chi connectivity index (χ3n) is 3.32. The highest BCUT2D eigenvalue weighted by molar-refractivity contribution is 5.87. The molecule has 6 nitrogen and oxygen atoms in total. The van der Waals surface area contributed by atoms with Crippen molar-refractivity contribution in [3.8, 4) is 11.8 Å². The van der Waals surface area contributed by atoms with Crippen LogP contribution >= 0.6 is 0 Å². The smallest absolute Gasteiger partial charge is 0.408 e. The average molecular weight is 310 g/mol. The van der Waals surface area contributed by atoms with E-state index in [0.29, 0.717) is 19.4 Å². The number of alkyl carbamates (subject to hydrolysis) is 1. The Kier molecular flexibility index (Phi) is 6.24. The summed E-state index contributed by atoms with van der Waals surface area (Å²) >= 11 is 0. The number of carbonyl (C=O) groups excluding carboxylic acids is 2. The molecule has 6 heteroatoms. The van der Waals surface area contributed by atoms with Crippen molar-refractivity contribution in [2.45, 2.75) is 57.6 Å². The number of carbonyl (C=O) groups is 2. The van der Waals surface area contributed by atoms with Crippen LogP contribution in [-0.2, 0) is 14.3 Å². The van der Waals surface area contributed by atoms with E-state index in [1.807, 2.05) is 0 Å². The molecule has 0 aromatic carbocycles. The van der Waals surface area contributed by atoms with E-state index in [4.69, 9.17) is 15.2 Å². The highest BCUT2D eigenvalue weighted by atomic mass is 16.6. The van der Waals surface area contributed by atoms with E-state index in [1.54, 1.807) is 20.8 Å². The van der Waals surface area contributed by atoms with Crippen LogP contribution in [0.3, 0.4) is 0 Å². The lowest BCUT2D eigenvalue weighted by molar-refractivity contribution is -0.153. The van der Waals surface area contributed by atoms with Gasteiger partial charge in [0.2, 0.25) is 0 Å². The Bertz CT molecular complexity index is 465. The first kappa shape index (κ1) is 18.3. The van der Waals surface area contributed by atoms with Crippen molar-refractivity contribution in [3.63, 3.8) is 0 Å². The van der Waals surface area contributed by atoms with Crippen LogP contribution in [0.1, 0.15) is 46.5 Å². The number of esters is 1. The van der Waals surface area contributed by atoms with Gasteiger partial charge in [-0.1, -0.05) is 5.92 Å². The van der Waals surface area contributed by atoms with Crippen LogP contribution in [0.15, 0.2) is 0 Å². The van der Waals surface area contributed by atoms with E-state index in [2.05, 4.69) is 17.2 Å². The third-order valence-corrected chi connectivity index (χ3v) is 3.32. The standard InChI is InChI=1S/C16H26N2O4/c1-15(2,3)22-14(20)18-16(13(19)21-4)10-12(11-16)8-6-5-7-9-17/h12H,5,7,9-11,17H2,1-4H3,(H,18,20). The second kappa shape index (κ2) is 7.50. The Morgan fingerprint density at radius 1 is 1.36 bits per heavy atom. The first-order valence-corrected chi connectivity index (χ1v) is 7.50. The van der Waals surface area contributed by atoms with Crippen LogP contribution < -0.4 is 11.1 Å². The van der Waals surface area contributed by atoms with Crippen LogP contribution in [0.5, 0.6) is 0 Å². The van der Waals surface area contributed by atoms with Crippen LogP contribution in [0.4, 0.5) is 4.79 Å². The fraction of sp³-hybridized carbons (Fsp3) is 0.750. The number of hydrogen-bond donors (Lipinski definition) is 2. The van der Waals surface area contributed by atoms with Crippen LogP contribution in [-0.4, -0.2) is 36.9 Å². The number of rotatable bonds is 4. The van der Waals surface area contributed by atoms with Gasteiger partial charge in [-0.2, -0.15) is 0 Å². The largest absolute Gasteiger partial charge is 0.467 e. The predicted octanol–water partition coefficient (Wildman–Crippen LogP) is 1.58. The molecule has 0 heterocycles. The summed E-state index contributed by atoms with van der Waals surface area (Å²) in [6, 6.07) is 0. The van der Waals surface area contributed by atoms with E-state index in [-0.39, 0.29) is 5.92 Å². The van der Waals surface area contributed by atoms with Gasteiger partial charge in [-0.05, 0) is 46.6 Å². The molecule has 1 aliphatic carbocycles. The van der Waals surface area contributed by atoms with Gasteiger partial charge < -0.3 is 20.5 Å². The lowest BCUT2D eigenvalue weighted by Crippen LogP contribution is -2.63. The summed E-state index contributed by atoms with van der Waals surface area (Å²) in [6.45, 7) is 5.92. The molecule has 0 atom stereocenters. The number of unbranched alkanes of at least 4 members (excludes halogenated alkanes) is 1. The Morgan fingerprint density at radius 3 is 2.50 bits per heavy atom. The number of nitrogens with one attached hydrogen (secondary N) is 1. The molecule has 1 aliphatic rings. The van der Waals surface area contributed by atoms with Crippen molar-refractivity contribution in [2.75, 3.05) is 13.7 Å². The van der Waals surface area contributed by atoms with Gasteiger partial charge in [-0.15, -0.1) is 5.92 Å². The van der Waals surface area contributed by atoms with Gasteiger partial charge in [0.25, 0.3) is 0 Å². The number of methoxy groups -OCH3 is 1. The van der Waals surface area contributed by atoms with Crippen molar-refractivity contribution < 1.29 is 19.1 Å². The highest BCUT2D eigenvalue weighted by Crippen LogP contribution is 2.38. The number of ether oxygens (including phenoxy) is 2. The Morgan fingerprint density at radius 2 is 2.00 bits per heavy atom. The molecule has 1 amide bonds. The molecule has 0 aromatic heterocycles. The average Bonchev–Trinajstić information content (AvgIpc) is 2.36. The molecule has 3 N–H and O–H groups in total. The molecule has 0 aromatic rings. The Hall–Kier alpha value is -1.74. The fourth-order valence-electron chi connectivity index (χ4n) is 2.30. The zero-order chi connectivity index (χ0) is 16.8. The van der Waals surface area contributed by atoms with Gasteiger partial charge in [-0.25, -0.2) is 9.59 Å². The number of hydrogen-bond acceptors (Lipinski definition) is 5. The SMILES string of the molecule is COC(=O)C1(NC(=O)OC(C)(C)C)CC(C#CCCCN)C1. The van der Waals surface area contributed by atoms with E-state index in [9.17, 15) is 9.59 Å². The minimum absolute atomic E-state index is 0.0758. The van der Waals surface area contributed by atoms with Crippen molar-refractivity contribution in [1.29, 1.82) is 0 Å². The van der Waals surface area contributed by atoms with Crippen molar-refractivity contribution in [2.24, 2.45) is 11.7 Å². The summed E-state index contributed by atoms with van der Waals surface area (Å²) in [7, 11) is 1.31. The summed E-state index contributed by atoms with van der Waals surface area (Å²) in [5.74, 6) is 5.77. The highest BCUT2D eigenvalue weighted by Gasteiger charge is 2.52. The molecule has 0 saturated heterocycles. The lowest BCUT2D eigenvalue weighted by atomic mass is 9.68. The maximum Gasteiger partial charge on any atom is 0.408 e. The van der Waals surface area contributed by atoms with Crippen LogP contribution in [0.25, 0.3) is 0 Å². The monoisotopic (exact) mass is 310 g/mol. The molecule has 0 aliphatic heterocycles. The van der Waals surface area contributed by atoms with Gasteiger partial charge >= 0.3 is 12.1 Å². The van der Waals surface area contributed by atoms with Gasteiger partial charge in [0.15, 0.2) is 0 Å². The van der Waals surface area contributed by atoms with Crippen molar-refractivity contribution in [1.82, 2.24) is 5.32 Å². The fourth-order valence-corrected chi connectivity index (χ4v) is 2.30. The zero-order valence-corrected chi connectivity index (χ0v) is 13.8. The quantitative estimate of drug-likeness (QED) is 0.467. The molecule has 124 valence electrons. The summed E-state index contributed by atoms with van der Waals surface area (Å²) < 4.78 is 10.0. The second-order valence-electron chi connectivity index (χ2n) is 6.52. The number of amides is 1. The molecular formula is C16H26N2O4. The molecular weight excluding hydrogens is 284 g/mol. The van der Waals surface area contributed by atoms with Gasteiger partial charge in [0, 0.05) is 12.3 Å². The summed E-state index contributed by atoms with van der Waals surface area (Å²) in [5.41, 5.74) is 3.77.